The van der Waals surface area contributed by atoms with Gasteiger partial charge in [0.15, 0.2) is 11.6 Å². The van der Waals surface area contributed by atoms with Crippen molar-refractivity contribution in [1.29, 1.82) is 0 Å². The molecule has 2 aromatic carbocycles. The molecular weight excluding hydrogens is 392 g/mol. The average Bonchev–Trinajstić information content (AvgIpc) is 3.05. The van der Waals surface area contributed by atoms with Crippen molar-refractivity contribution in [2.75, 3.05) is 13.2 Å². The zero-order valence-electron chi connectivity index (χ0n) is 16.7. The van der Waals surface area contributed by atoms with Gasteiger partial charge < -0.3 is 14.2 Å². The van der Waals surface area contributed by atoms with Gasteiger partial charge in [0.1, 0.15) is 12.7 Å². The third-order valence-electron chi connectivity index (χ3n) is 4.64. The molecule has 5 nitrogen and oxygen atoms in total. The van der Waals surface area contributed by atoms with E-state index in [1.165, 1.54) is 0 Å². The van der Waals surface area contributed by atoms with E-state index in [1.54, 1.807) is 30.3 Å². The molecule has 1 fully saturated rings. The highest BCUT2D eigenvalue weighted by Crippen LogP contribution is 2.22. The molecule has 1 heterocycles. The van der Waals surface area contributed by atoms with Crippen molar-refractivity contribution in [3.8, 4) is 0 Å². The van der Waals surface area contributed by atoms with Gasteiger partial charge in [-0.1, -0.05) is 29.8 Å². The summed E-state index contributed by atoms with van der Waals surface area (Å²) in [7, 11) is 0. The number of benzene rings is 2. The maximum absolute atomic E-state index is 12.6. The Labute approximate surface area is 175 Å². The quantitative estimate of drug-likeness (QED) is 0.465. The highest BCUT2D eigenvalue weighted by Gasteiger charge is 2.33. The van der Waals surface area contributed by atoms with E-state index in [4.69, 9.17) is 25.8 Å². The summed E-state index contributed by atoms with van der Waals surface area (Å²) in [5.74, 6) is -0.928. The molecule has 0 aromatic heterocycles. The average molecular weight is 417 g/mol. The third-order valence-corrected chi connectivity index (χ3v) is 4.89. The zero-order valence-corrected chi connectivity index (χ0v) is 17.4. The lowest BCUT2D eigenvalue weighted by atomic mass is 9.99. The first-order chi connectivity index (χ1) is 13.8. The number of carbonyl (C=O) groups is 2. The third kappa shape index (κ3) is 6.39. The first-order valence-electron chi connectivity index (χ1n) is 9.69. The fourth-order valence-electron chi connectivity index (χ4n) is 3.18. The van der Waals surface area contributed by atoms with E-state index >= 15 is 0 Å². The van der Waals surface area contributed by atoms with Crippen LogP contribution in [-0.2, 0) is 25.4 Å². The molecule has 0 radical (unpaired) electrons. The fourth-order valence-corrected chi connectivity index (χ4v) is 3.30. The summed E-state index contributed by atoms with van der Waals surface area (Å²) >= 11 is 5.88. The molecule has 1 aliphatic rings. The predicted octanol–water partition coefficient (Wildman–Crippen LogP) is 4.59. The van der Waals surface area contributed by atoms with Crippen LogP contribution in [0, 0.1) is 0 Å². The number of ketones is 1. The Kier molecular flexibility index (Phi) is 7.06. The second-order valence-corrected chi connectivity index (χ2v) is 7.96. The van der Waals surface area contributed by atoms with Gasteiger partial charge in [-0.3, -0.25) is 9.59 Å². The van der Waals surface area contributed by atoms with Crippen LogP contribution >= 0.6 is 11.6 Å². The van der Waals surface area contributed by atoms with Crippen LogP contribution in [0.2, 0.25) is 5.02 Å². The number of hydrogen-bond donors (Lipinski definition) is 0. The van der Waals surface area contributed by atoms with Gasteiger partial charge in [-0.25, -0.2) is 0 Å². The minimum absolute atomic E-state index is 0.0513. The van der Waals surface area contributed by atoms with Crippen LogP contribution in [0.25, 0.3) is 0 Å². The number of aryl methyl sites for hydroxylation is 1. The van der Waals surface area contributed by atoms with Crippen molar-refractivity contribution in [3.63, 3.8) is 0 Å². The first-order valence-corrected chi connectivity index (χ1v) is 10.1. The molecule has 1 unspecified atom stereocenters. The molecule has 1 atom stereocenters. The van der Waals surface area contributed by atoms with Crippen molar-refractivity contribution in [1.82, 2.24) is 0 Å². The normalized spacial score (nSPS) is 17.8. The molecule has 0 saturated carbocycles. The SMILES string of the molecule is CC1(C)OCC(COC(=O)CCCc2cccc(C(=O)c3ccc(Cl)cc3)c2)O1. The Bertz CT molecular complexity index is 860. The van der Waals surface area contributed by atoms with Crippen LogP contribution < -0.4 is 0 Å². The Morgan fingerprint density at radius 2 is 1.90 bits per heavy atom. The Balaban J connectivity index is 1.45. The van der Waals surface area contributed by atoms with Gasteiger partial charge in [-0.2, -0.15) is 0 Å². The van der Waals surface area contributed by atoms with Crippen LogP contribution in [0.1, 0.15) is 48.2 Å². The maximum Gasteiger partial charge on any atom is 0.305 e. The van der Waals surface area contributed by atoms with Crippen molar-refractivity contribution >= 4 is 23.4 Å². The van der Waals surface area contributed by atoms with E-state index in [-0.39, 0.29) is 24.5 Å². The van der Waals surface area contributed by atoms with Crippen molar-refractivity contribution < 1.29 is 23.8 Å². The van der Waals surface area contributed by atoms with Gasteiger partial charge in [0.2, 0.25) is 0 Å². The van der Waals surface area contributed by atoms with Crippen LogP contribution in [0.4, 0.5) is 0 Å². The van der Waals surface area contributed by atoms with Gasteiger partial charge in [-0.05, 0) is 62.6 Å². The molecule has 0 N–H and O–H groups in total. The molecular formula is C23H25ClO5. The monoisotopic (exact) mass is 416 g/mol. The molecule has 1 aliphatic heterocycles. The number of halogens is 1. The smallest absolute Gasteiger partial charge is 0.305 e. The minimum atomic E-state index is -0.620. The van der Waals surface area contributed by atoms with Gasteiger partial charge in [-0.15, -0.1) is 0 Å². The second kappa shape index (κ2) is 9.53. The highest BCUT2D eigenvalue weighted by molar-refractivity contribution is 6.30. The summed E-state index contributed by atoms with van der Waals surface area (Å²) in [5.41, 5.74) is 2.22. The number of hydrogen-bond acceptors (Lipinski definition) is 5. The van der Waals surface area contributed by atoms with Crippen LogP contribution in [0.15, 0.2) is 48.5 Å². The van der Waals surface area contributed by atoms with Crippen molar-refractivity contribution in [2.45, 2.75) is 45.0 Å². The lowest BCUT2D eigenvalue weighted by Crippen LogP contribution is -2.25. The molecule has 2 aromatic rings. The van der Waals surface area contributed by atoms with Gasteiger partial charge >= 0.3 is 5.97 Å². The number of esters is 1. The molecule has 29 heavy (non-hydrogen) atoms. The van der Waals surface area contributed by atoms with Crippen molar-refractivity contribution in [3.05, 3.63) is 70.2 Å². The maximum atomic E-state index is 12.6. The van der Waals surface area contributed by atoms with Gasteiger partial charge in [0, 0.05) is 22.6 Å². The summed E-state index contributed by atoms with van der Waals surface area (Å²) in [5, 5.41) is 0.595. The zero-order chi connectivity index (χ0) is 20.9. The van der Waals surface area contributed by atoms with E-state index in [9.17, 15) is 9.59 Å². The van der Waals surface area contributed by atoms with Crippen LogP contribution in [-0.4, -0.2) is 36.9 Å². The van der Waals surface area contributed by atoms with Crippen molar-refractivity contribution in [2.24, 2.45) is 0 Å². The lowest BCUT2D eigenvalue weighted by Gasteiger charge is -2.17. The number of ether oxygens (including phenoxy) is 3. The minimum Gasteiger partial charge on any atom is -0.463 e. The van der Waals surface area contributed by atoms with E-state index in [1.807, 2.05) is 32.0 Å². The molecule has 154 valence electrons. The molecule has 0 bridgehead atoms. The molecule has 1 saturated heterocycles. The Morgan fingerprint density at radius 3 is 2.59 bits per heavy atom. The molecule has 0 amide bonds. The molecule has 6 heteroatoms. The molecule has 3 rings (SSSR count). The van der Waals surface area contributed by atoms with E-state index in [0.717, 1.165) is 5.56 Å². The number of carbonyl (C=O) groups excluding carboxylic acids is 2. The summed E-state index contributed by atoms with van der Waals surface area (Å²) in [6, 6.07) is 14.3. The fraction of sp³-hybridized carbons (Fsp3) is 0.391. The number of rotatable bonds is 8. The van der Waals surface area contributed by atoms with Crippen LogP contribution in [0.5, 0.6) is 0 Å². The summed E-state index contributed by atoms with van der Waals surface area (Å²) < 4.78 is 16.3. The lowest BCUT2D eigenvalue weighted by molar-refractivity contribution is -0.158. The van der Waals surface area contributed by atoms with E-state index in [2.05, 4.69) is 0 Å². The topological polar surface area (TPSA) is 61.8 Å². The molecule has 0 spiro atoms. The van der Waals surface area contributed by atoms with Gasteiger partial charge in [0.25, 0.3) is 0 Å². The summed E-state index contributed by atoms with van der Waals surface area (Å²) in [4.78, 5) is 24.6. The van der Waals surface area contributed by atoms with Gasteiger partial charge in [0.05, 0.1) is 6.61 Å². The van der Waals surface area contributed by atoms with E-state index < -0.39 is 5.79 Å². The Morgan fingerprint density at radius 1 is 1.14 bits per heavy atom. The largest absolute Gasteiger partial charge is 0.463 e. The summed E-state index contributed by atoms with van der Waals surface area (Å²) in [6.07, 6.45) is 1.42. The Hall–Kier alpha value is -2.21. The van der Waals surface area contributed by atoms with Crippen LogP contribution in [0.3, 0.4) is 0 Å². The highest BCUT2D eigenvalue weighted by atomic mass is 35.5. The summed E-state index contributed by atoms with van der Waals surface area (Å²) in [6.45, 7) is 4.29. The first kappa shape index (κ1) is 21.5. The predicted molar refractivity (Wildman–Crippen MR) is 110 cm³/mol. The van der Waals surface area contributed by atoms with E-state index in [0.29, 0.717) is 42.0 Å². The molecule has 0 aliphatic carbocycles. The second-order valence-electron chi connectivity index (χ2n) is 7.52. The standard InChI is InChI=1S/C23H25ClO5/c1-23(2)28-15-20(29-23)14-27-21(25)8-4-6-16-5-3-7-18(13-16)22(26)17-9-11-19(24)12-10-17/h3,5,7,9-13,20H,4,6,8,14-15H2,1-2H3.